The third-order valence-electron chi connectivity index (χ3n) is 9.36. The van der Waals surface area contributed by atoms with E-state index in [1.54, 1.807) is 36.6 Å². The van der Waals surface area contributed by atoms with E-state index in [1.165, 1.54) is 0 Å². The lowest BCUT2D eigenvalue weighted by Gasteiger charge is -2.25. The van der Waals surface area contributed by atoms with E-state index < -0.39 is 17.4 Å². The second-order valence-corrected chi connectivity index (χ2v) is 12.6. The average Bonchev–Trinajstić information content (AvgIpc) is 3.71. The van der Waals surface area contributed by atoms with Crippen molar-refractivity contribution in [2.45, 2.75) is 37.6 Å². The minimum Gasteiger partial charge on any atom is -0.377 e. The summed E-state index contributed by atoms with van der Waals surface area (Å²) in [6.45, 7) is 3.85. The van der Waals surface area contributed by atoms with Crippen LogP contribution in [0.2, 0.25) is 0 Å². The van der Waals surface area contributed by atoms with Gasteiger partial charge in [-0.05, 0) is 65.8 Å². The Morgan fingerprint density at radius 2 is 1.79 bits per heavy atom. The van der Waals surface area contributed by atoms with Gasteiger partial charge in [-0.3, -0.25) is 24.0 Å². The Morgan fingerprint density at radius 1 is 0.957 bits per heavy atom. The summed E-state index contributed by atoms with van der Waals surface area (Å²) >= 11 is 0. The first-order valence-corrected chi connectivity index (χ1v) is 15.8. The van der Waals surface area contributed by atoms with Gasteiger partial charge in [-0.15, -0.1) is 0 Å². The van der Waals surface area contributed by atoms with E-state index in [9.17, 15) is 14.4 Å². The van der Waals surface area contributed by atoms with E-state index in [2.05, 4.69) is 25.7 Å². The normalized spacial score (nSPS) is 22.6. The van der Waals surface area contributed by atoms with Crippen molar-refractivity contribution in [1.29, 1.82) is 0 Å². The molecule has 2 atom stereocenters. The van der Waals surface area contributed by atoms with Crippen LogP contribution in [0, 0.1) is 6.92 Å². The molecule has 4 aromatic rings. The van der Waals surface area contributed by atoms with Crippen molar-refractivity contribution in [2.24, 2.45) is 7.05 Å². The molecule has 47 heavy (non-hydrogen) atoms. The smallest absolute Gasteiger partial charge is 0.270 e. The maximum absolute atomic E-state index is 13.8. The number of aromatic nitrogens is 4. The number of hydrogen-bond acceptors (Lipinski definition) is 8. The number of nitrogens with zero attached hydrogens (tertiary/aromatic N) is 5. The maximum Gasteiger partial charge on any atom is 0.270 e. The molecule has 5 heterocycles. The van der Waals surface area contributed by atoms with Crippen LogP contribution in [-0.4, -0.2) is 88.4 Å². The van der Waals surface area contributed by atoms with Crippen LogP contribution in [0.5, 0.6) is 0 Å². The fourth-order valence-corrected chi connectivity index (χ4v) is 6.97. The number of fused-ring (bicyclic) bond motifs is 3. The predicted octanol–water partition coefficient (Wildman–Crippen LogP) is 2.52. The first-order valence-electron chi connectivity index (χ1n) is 15.8. The fourth-order valence-electron chi connectivity index (χ4n) is 6.97. The fraction of sp³-hybridized carbons (Fsp3) is 0.371. The Labute approximate surface area is 272 Å². The molecule has 242 valence electrons. The molecule has 0 fully saturated rings. The predicted molar refractivity (Wildman–Crippen MR) is 175 cm³/mol. The van der Waals surface area contributed by atoms with Gasteiger partial charge in [0.15, 0.2) is 0 Å². The number of pyridine rings is 2. The molecule has 0 radical (unpaired) electrons. The van der Waals surface area contributed by atoms with Crippen molar-refractivity contribution < 1.29 is 23.9 Å². The number of hydrogen-bond donors (Lipinski definition) is 2. The highest BCUT2D eigenvalue weighted by molar-refractivity contribution is 6.06. The second kappa shape index (κ2) is 12.3. The van der Waals surface area contributed by atoms with Crippen molar-refractivity contribution in [3.05, 3.63) is 88.0 Å². The number of nitrogens with one attached hydrogen (secondary N) is 2. The van der Waals surface area contributed by atoms with Crippen LogP contribution in [-0.2, 0) is 50.8 Å². The summed E-state index contributed by atoms with van der Waals surface area (Å²) in [5.41, 5.74) is 5.80. The molecule has 12 heteroatoms. The molecule has 0 saturated heterocycles. The van der Waals surface area contributed by atoms with Gasteiger partial charge in [-0.2, -0.15) is 5.10 Å². The highest BCUT2D eigenvalue weighted by Crippen LogP contribution is 2.47. The van der Waals surface area contributed by atoms with E-state index in [4.69, 9.17) is 9.47 Å². The number of benzene rings is 1. The molecule has 3 amide bonds. The Kier molecular flexibility index (Phi) is 8.06. The molecule has 1 aromatic carbocycles. The number of carbonyl (C=O) groups excluding carboxylic acids is 3. The van der Waals surface area contributed by atoms with E-state index in [0.717, 1.165) is 44.3 Å². The zero-order chi connectivity index (χ0) is 32.7. The SMILES string of the molecule is Cc1cc(C[C@H]2NC(=O)c3cc4c(cn3)C[C@]3(C4)C(=O)Nc4ncc(cc43)/C=C/COCCOCCN(C)C2=O)cc2cnn(C)c12. The van der Waals surface area contributed by atoms with Crippen LogP contribution in [0.25, 0.3) is 17.0 Å². The molecule has 0 saturated carbocycles. The number of anilines is 1. The van der Waals surface area contributed by atoms with Gasteiger partial charge in [0.1, 0.15) is 17.6 Å². The third kappa shape index (κ3) is 5.79. The highest BCUT2D eigenvalue weighted by atomic mass is 16.5. The topological polar surface area (TPSA) is 141 Å². The molecule has 1 spiro atoms. The summed E-state index contributed by atoms with van der Waals surface area (Å²) in [6, 6.07) is 6.92. The van der Waals surface area contributed by atoms with E-state index >= 15 is 0 Å². The van der Waals surface area contributed by atoms with Crippen molar-refractivity contribution in [3.63, 3.8) is 0 Å². The Balaban J connectivity index is 1.20. The van der Waals surface area contributed by atoms with E-state index in [1.807, 2.05) is 49.0 Å². The molecule has 3 aliphatic rings. The first-order chi connectivity index (χ1) is 22.7. The van der Waals surface area contributed by atoms with Gasteiger partial charge in [0.25, 0.3) is 5.91 Å². The van der Waals surface area contributed by atoms with Gasteiger partial charge in [0.05, 0.1) is 43.6 Å². The van der Waals surface area contributed by atoms with Crippen molar-refractivity contribution in [3.8, 4) is 0 Å². The summed E-state index contributed by atoms with van der Waals surface area (Å²) in [5, 5.41) is 11.3. The molecule has 5 bridgehead atoms. The summed E-state index contributed by atoms with van der Waals surface area (Å²) < 4.78 is 13.3. The number of ether oxygens (including phenoxy) is 2. The third-order valence-corrected chi connectivity index (χ3v) is 9.36. The first kappa shape index (κ1) is 30.7. The second-order valence-electron chi connectivity index (χ2n) is 12.6. The van der Waals surface area contributed by atoms with Gasteiger partial charge < -0.3 is 25.0 Å². The molecule has 7 rings (SSSR count). The van der Waals surface area contributed by atoms with Gasteiger partial charge in [0.2, 0.25) is 11.8 Å². The van der Waals surface area contributed by atoms with Crippen molar-refractivity contribution in [1.82, 2.24) is 30.0 Å². The van der Waals surface area contributed by atoms with Crippen LogP contribution in [0.1, 0.15) is 43.9 Å². The van der Waals surface area contributed by atoms with Gasteiger partial charge in [-0.1, -0.05) is 18.2 Å². The molecule has 2 N–H and O–H groups in total. The number of amides is 3. The molecule has 3 aromatic heterocycles. The van der Waals surface area contributed by atoms with Gasteiger partial charge in [-0.25, -0.2) is 4.98 Å². The van der Waals surface area contributed by atoms with Crippen LogP contribution < -0.4 is 10.6 Å². The Hall–Kier alpha value is -4.94. The van der Waals surface area contributed by atoms with Crippen LogP contribution in [0.4, 0.5) is 5.82 Å². The van der Waals surface area contributed by atoms with E-state index in [-0.39, 0.29) is 23.9 Å². The zero-order valence-corrected chi connectivity index (χ0v) is 26.7. The lowest BCUT2D eigenvalue weighted by atomic mass is 9.79. The Morgan fingerprint density at radius 3 is 2.66 bits per heavy atom. The van der Waals surface area contributed by atoms with Crippen LogP contribution in [0.3, 0.4) is 0 Å². The van der Waals surface area contributed by atoms with E-state index in [0.29, 0.717) is 51.6 Å². The summed E-state index contributed by atoms with van der Waals surface area (Å²) in [4.78, 5) is 51.6. The van der Waals surface area contributed by atoms with Crippen LogP contribution >= 0.6 is 0 Å². The number of rotatable bonds is 2. The monoisotopic (exact) mass is 635 g/mol. The number of aryl methyl sites for hydroxylation is 2. The number of carbonyl (C=O) groups is 3. The van der Waals surface area contributed by atoms with Crippen LogP contribution in [0.15, 0.2) is 48.9 Å². The standard InChI is InChI=1S/C35H37N7O5/c1-21-11-23(12-25-20-38-42(3)30(21)25)14-29-33(44)41(2)6-8-47-10-9-46-7-4-5-22-13-27-31(37-18-22)40-34(45)35(27)16-24-15-28(32(43)39-29)36-19-26(24)17-35/h4-5,11-13,15,18-20,29H,6-10,14,16-17H2,1-3H3,(H,39,43)(H,37,40,45)/b5-4+/t29-,35+/m1/s1. The summed E-state index contributed by atoms with van der Waals surface area (Å²) in [5.74, 6) is -0.257. The minimum atomic E-state index is -0.854. The van der Waals surface area contributed by atoms with Crippen molar-refractivity contribution >= 4 is 40.5 Å². The maximum atomic E-state index is 13.8. The molecule has 1 aliphatic carbocycles. The summed E-state index contributed by atoms with van der Waals surface area (Å²) in [6.07, 6.45) is 10.2. The molecule has 12 nitrogen and oxygen atoms in total. The number of likely N-dealkylation sites (N-methyl/N-ethyl adjacent to an activating group) is 1. The molecule has 2 aliphatic heterocycles. The quantitative estimate of drug-likeness (QED) is 0.343. The van der Waals surface area contributed by atoms with Gasteiger partial charge in [0, 0.05) is 50.4 Å². The summed E-state index contributed by atoms with van der Waals surface area (Å²) in [7, 11) is 3.60. The lowest BCUT2D eigenvalue weighted by molar-refractivity contribution is -0.132. The minimum absolute atomic E-state index is 0.115. The molecular weight excluding hydrogens is 598 g/mol. The lowest BCUT2D eigenvalue weighted by Crippen LogP contribution is -2.49. The Bertz CT molecular complexity index is 1930. The van der Waals surface area contributed by atoms with Crippen molar-refractivity contribution in [2.75, 3.05) is 45.3 Å². The zero-order valence-electron chi connectivity index (χ0n) is 26.7. The largest absolute Gasteiger partial charge is 0.377 e. The molecular formula is C35H37N7O5. The highest BCUT2D eigenvalue weighted by Gasteiger charge is 2.51. The molecule has 0 unspecified atom stereocenters. The van der Waals surface area contributed by atoms with Gasteiger partial charge >= 0.3 is 0 Å². The average molecular weight is 636 g/mol.